The molecule has 3 heteroatoms. The fourth-order valence-corrected chi connectivity index (χ4v) is 11.4. The predicted octanol–water partition coefficient (Wildman–Crippen LogP) is 11.0. The lowest BCUT2D eigenvalue weighted by atomic mass is 9.42. The first-order chi connectivity index (χ1) is 26.8. The highest BCUT2D eigenvalue weighted by molar-refractivity contribution is 6.94. The van der Waals surface area contributed by atoms with E-state index in [2.05, 4.69) is 185 Å². The van der Waals surface area contributed by atoms with E-state index < -0.39 is 5.41 Å². The van der Waals surface area contributed by atoms with Gasteiger partial charge in [-0.05, 0) is 90.3 Å². The van der Waals surface area contributed by atoms with Crippen molar-refractivity contribution >= 4 is 72.5 Å². The standard InChI is InChI=1S/C51H29BN2/c1-2-14-31-29-46-38(27-30(31)13-1)36-20-12-25-44-49(36)53(46)50-33-16-4-3-15-32(33)28-39-37-19-11-24-43-48(37)54(52(44)47(39)50)45-26-10-9-23-42(45)51(43)40-21-7-5-17-34(40)35-18-6-8-22-41(35)51/h1-29H. The zero-order valence-corrected chi connectivity index (χ0v) is 29.2. The summed E-state index contributed by atoms with van der Waals surface area (Å²) in [5.74, 6) is 0. The zero-order chi connectivity index (χ0) is 34.9. The Morgan fingerprint density at radius 1 is 0.407 bits per heavy atom. The second-order valence-electron chi connectivity index (χ2n) is 15.5. The van der Waals surface area contributed by atoms with E-state index in [-0.39, 0.29) is 6.85 Å². The smallest absolute Gasteiger partial charge is 0.333 e. The van der Waals surface area contributed by atoms with E-state index in [0.717, 1.165) is 0 Å². The van der Waals surface area contributed by atoms with E-state index in [0.29, 0.717) is 0 Å². The molecule has 4 aliphatic rings. The number of para-hydroxylation sites is 3. The van der Waals surface area contributed by atoms with E-state index in [1.807, 2.05) is 0 Å². The maximum Gasteiger partial charge on any atom is 0.333 e. The maximum atomic E-state index is 2.74. The molecule has 10 aromatic rings. The number of rotatable bonds is 0. The third-order valence-electron chi connectivity index (χ3n) is 13.3. The summed E-state index contributed by atoms with van der Waals surface area (Å²) in [5.41, 5.74) is 19.6. The number of hydrogen-bond acceptors (Lipinski definition) is 1. The van der Waals surface area contributed by atoms with Gasteiger partial charge in [-0.15, -0.1) is 0 Å². The van der Waals surface area contributed by atoms with Gasteiger partial charge in [-0.25, -0.2) is 0 Å². The highest BCUT2D eigenvalue weighted by atomic mass is 15.1. The number of benzene rings is 9. The van der Waals surface area contributed by atoms with Crippen LogP contribution in [0, 0.1) is 0 Å². The minimum Gasteiger partial charge on any atom is -0.376 e. The fourth-order valence-electron chi connectivity index (χ4n) is 11.4. The van der Waals surface area contributed by atoms with Crippen LogP contribution in [0.15, 0.2) is 176 Å². The number of aromatic nitrogens is 1. The van der Waals surface area contributed by atoms with Crippen LogP contribution in [0.2, 0.25) is 0 Å². The average molecular weight is 681 g/mol. The minimum atomic E-state index is -0.446. The Labute approximate surface area is 312 Å². The Morgan fingerprint density at radius 2 is 1.02 bits per heavy atom. The molecule has 4 heterocycles. The van der Waals surface area contributed by atoms with Gasteiger partial charge in [0.25, 0.3) is 0 Å². The molecule has 9 aromatic carbocycles. The molecule has 1 aliphatic carbocycles. The summed E-state index contributed by atoms with van der Waals surface area (Å²) >= 11 is 0. The Bertz CT molecular complexity index is 3320. The number of hydrogen-bond donors (Lipinski definition) is 0. The number of nitrogens with zero attached hydrogens (tertiary/aromatic N) is 2. The van der Waals surface area contributed by atoms with E-state index in [4.69, 9.17) is 0 Å². The molecule has 1 spiro atoms. The van der Waals surface area contributed by atoms with Gasteiger partial charge in [-0.1, -0.05) is 152 Å². The van der Waals surface area contributed by atoms with Gasteiger partial charge >= 0.3 is 6.85 Å². The van der Waals surface area contributed by atoms with Crippen LogP contribution in [-0.4, -0.2) is 11.4 Å². The van der Waals surface area contributed by atoms with Crippen molar-refractivity contribution in [3.8, 4) is 27.9 Å². The Morgan fingerprint density at radius 3 is 1.83 bits per heavy atom. The van der Waals surface area contributed by atoms with Crippen molar-refractivity contribution in [2.45, 2.75) is 5.41 Å². The van der Waals surface area contributed by atoms with E-state index in [1.54, 1.807) is 0 Å². The Balaban J connectivity index is 1.21. The SMILES string of the molecule is c1ccc2c(c1)-c1ccccc1C21c2ccccc2N2B3c4c(cc5ccccc5c4-n4c5cc6ccccc6cc5c5cccc3c54)-c3cccc1c32. The molecule has 0 unspecified atom stereocenters. The van der Waals surface area contributed by atoms with Crippen LogP contribution < -0.4 is 15.7 Å². The molecule has 0 atom stereocenters. The molecular formula is C51H29BN2. The molecule has 0 saturated carbocycles. The largest absolute Gasteiger partial charge is 0.376 e. The van der Waals surface area contributed by atoms with Crippen LogP contribution in [0.3, 0.4) is 0 Å². The van der Waals surface area contributed by atoms with Crippen molar-refractivity contribution in [1.29, 1.82) is 0 Å². The fraction of sp³-hybridized carbons (Fsp3) is 0.0196. The highest BCUT2D eigenvalue weighted by Gasteiger charge is 2.55. The lowest BCUT2D eigenvalue weighted by molar-refractivity contribution is 0.756. The Kier molecular flexibility index (Phi) is 4.83. The zero-order valence-electron chi connectivity index (χ0n) is 29.2. The van der Waals surface area contributed by atoms with Crippen LogP contribution in [0.25, 0.3) is 71.3 Å². The molecule has 0 radical (unpaired) electrons. The lowest BCUT2D eigenvalue weighted by Crippen LogP contribution is -2.62. The van der Waals surface area contributed by atoms with Crippen molar-refractivity contribution in [1.82, 2.24) is 4.57 Å². The van der Waals surface area contributed by atoms with Crippen molar-refractivity contribution in [2.75, 3.05) is 4.81 Å². The van der Waals surface area contributed by atoms with Crippen LogP contribution in [-0.2, 0) is 5.41 Å². The van der Waals surface area contributed by atoms with Crippen molar-refractivity contribution in [3.05, 3.63) is 198 Å². The third kappa shape index (κ3) is 2.97. The van der Waals surface area contributed by atoms with Gasteiger partial charge in [0.05, 0.1) is 22.1 Å². The number of anilines is 2. The average Bonchev–Trinajstić information content (AvgIpc) is 3.71. The van der Waals surface area contributed by atoms with Gasteiger partial charge in [0.1, 0.15) is 0 Å². The van der Waals surface area contributed by atoms with E-state index in [1.165, 1.54) is 116 Å². The molecule has 0 N–H and O–H groups in total. The normalized spacial score (nSPS) is 14.7. The number of fused-ring (bicyclic) bond motifs is 19. The first-order valence-corrected chi connectivity index (χ1v) is 19.1. The lowest BCUT2D eigenvalue weighted by Gasteiger charge is -2.51. The summed E-state index contributed by atoms with van der Waals surface area (Å²) in [6, 6.07) is 66.9. The van der Waals surface area contributed by atoms with Gasteiger partial charge in [0.2, 0.25) is 0 Å². The molecule has 3 aliphatic heterocycles. The van der Waals surface area contributed by atoms with Crippen LogP contribution in [0.5, 0.6) is 0 Å². The molecule has 2 nitrogen and oxygen atoms in total. The molecule has 0 saturated heterocycles. The summed E-state index contributed by atoms with van der Waals surface area (Å²) < 4.78 is 2.62. The van der Waals surface area contributed by atoms with Crippen molar-refractivity contribution in [2.24, 2.45) is 0 Å². The Hall–Kier alpha value is -6.84. The van der Waals surface area contributed by atoms with Gasteiger partial charge in [-0.2, -0.15) is 0 Å². The molecule has 0 bridgehead atoms. The molecular weight excluding hydrogens is 651 g/mol. The monoisotopic (exact) mass is 680 g/mol. The van der Waals surface area contributed by atoms with Crippen LogP contribution in [0.4, 0.5) is 11.4 Å². The summed E-state index contributed by atoms with van der Waals surface area (Å²) in [4.78, 5) is 2.74. The molecule has 1 aromatic heterocycles. The molecule has 54 heavy (non-hydrogen) atoms. The summed E-state index contributed by atoms with van der Waals surface area (Å²) in [6.45, 7) is -0.0198. The third-order valence-corrected chi connectivity index (χ3v) is 13.3. The van der Waals surface area contributed by atoms with Gasteiger partial charge in [0.15, 0.2) is 0 Å². The van der Waals surface area contributed by atoms with Crippen molar-refractivity contribution in [3.63, 3.8) is 0 Å². The molecule has 246 valence electrons. The first-order valence-electron chi connectivity index (χ1n) is 19.1. The van der Waals surface area contributed by atoms with Gasteiger partial charge < -0.3 is 9.38 Å². The van der Waals surface area contributed by atoms with Crippen LogP contribution in [0.1, 0.15) is 22.3 Å². The second-order valence-corrected chi connectivity index (χ2v) is 15.5. The second kappa shape index (κ2) is 9.39. The summed E-state index contributed by atoms with van der Waals surface area (Å²) in [5, 5.41) is 7.73. The molecule has 0 amide bonds. The van der Waals surface area contributed by atoms with Crippen LogP contribution >= 0.6 is 0 Å². The van der Waals surface area contributed by atoms with Gasteiger partial charge in [0, 0.05) is 33.1 Å². The predicted molar refractivity (Wildman–Crippen MR) is 226 cm³/mol. The summed E-state index contributed by atoms with van der Waals surface area (Å²) in [6.07, 6.45) is 0. The summed E-state index contributed by atoms with van der Waals surface area (Å²) in [7, 11) is 0. The quantitative estimate of drug-likeness (QED) is 0.145. The minimum absolute atomic E-state index is 0.0198. The maximum absolute atomic E-state index is 2.74. The van der Waals surface area contributed by atoms with Gasteiger partial charge in [-0.3, -0.25) is 0 Å². The van der Waals surface area contributed by atoms with E-state index >= 15 is 0 Å². The molecule has 0 fully saturated rings. The topological polar surface area (TPSA) is 8.17 Å². The van der Waals surface area contributed by atoms with Crippen molar-refractivity contribution < 1.29 is 0 Å². The highest BCUT2D eigenvalue weighted by Crippen LogP contribution is 2.64. The molecule has 14 rings (SSSR count). The van der Waals surface area contributed by atoms with E-state index in [9.17, 15) is 0 Å². The first kappa shape index (κ1) is 27.8.